The number of hydrazone groups is 1. The van der Waals surface area contributed by atoms with E-state index in [4.69, 9.17) is 21.1 Å². The number of anilines is 1. The van der Waals surface area contributed by atoms with Crippen molar-refractivity contribution in [1.29, 1.82) is 0 Å². The van der Waals surface area contributed by atoms with Gasteiger partial charge in [0.1, 0.15) is 0 Å². The Morgan fingerprint density at radius 2 is 1.90 bits per heavy atom. The van der Waals surface area contributed by atoms with Crippen LogP contribution >= 0.6 is 11.6 Å². The van der Waals surface area contributed by atoms with Crippen LogP contribution in [0.15, 0.2) is 47.6 Å². The van der Waals surface area contributed by atoms with Crippen molar-refractivity contribution in [2.24, 2.45) is 5.10 Å². The first-order valence-electron chi connectivity index (χ1n) is 6.58. The highest BCUT2D eigenvalue weighted by atomic mass is 35.5. The van der Waals surface area contributed by atoms with Crippen LogP contribution in [0.2, 0.25) is 5.02 Å². The number of benzene rings is 2. The second kappa shape index (κ2) is 7.55. The van der Waals surface area contributed by atoms with Crippen molar-refractivity contribution < 1.29 is 9.47 Å². The normalized spacial score (nSPS) is 10.6. The van der Waals surface area contributed by atoms with E-state index < -0.39 is 0 Å². The molecule has 0 unspecified atom stereocenters. The highest BCUT2D eigenvalue weighted by molar-refractivity contribution is 6.30. The lowest BCUT2D eigenvalue weighted by Crippen LogP contribution is -1.96. The van der Waals surface area contributed by atoms with Gasteiger partial charge in [0.25, 0.3) is 0 Å². The van der Waals surface area contributed by atoms with Gasteiger partial charge in [-0.15, -0.1) is 0 Å². The number of rotatable bonds is 6. The van der Waals surface area contributed by atoms with E-state index in [1.54, 1.807) is 25.5 Å². The van der Waals surface area contributed by atoms with Crippen LogP contribution in [-0.4, -0.2) is 19.9 Å². The molecule has 0 spiro atoms. The van der Waals surface area contributed by atoms with E-state index in [0.717, 1.165) is 17.0 Å². The van der Waals surface area contributed by atoms with Gasteiger partial charge in [0, 0.05) is 5.02 Å². The van der Waals surface area contributed by atoms with Crippen molar-refractivity contribution in [3.63, 3.8) is 0 Å². The molecule has 0 saturated heterocycles. The fraction of sp³-hybridized carbons (Fsp3) is 0.188. The Labute approximate surface area is 129 Å². The molecule has 0 aromatic heterocycles. The Kier molecular flexibility index (Phi) is 5.46. The van der Waals surface area contributed by atoms with Gasteiger partial charge in [-0.3, -0.25) is 5.43 Å². The summed E-state index contributed by atoms with van der Waals surface area (Å²) in [6, 6.07) is 13.0. The number of halogens is 1. The molecule has 0 atom stereocenters. The van der Waals surface area contributed by atoms with Gasteiger partial charge in [0.2, 0.25) is 0 Å². The summed E-state index contributed by atoms with van der Waals surface area (Å²) in [5, 5.41) is 4.87. The van der Waals surface area contributed by atoms with E-state index in [2.05, 4.69) is 10.5 Å². The van der Waals surface area contributed by atoms with E-state index in [9.17, 15) is 0 Å². The second-order valence-electron chi connectivity index (χ2n) is 4.22. The molecule has 0 aliphatic rings. The minimum Gasteiger partial charge on any atom is -0.493 e. The van der Waals surface area contributed by atoms with E-state index >= 15 is 0 Å². The average molecular weight is 305 g/mol. The van der Waals surface area contributed by atoms with Gasteiger partial charge in [0.05, 0.1) is 25.6 Å². The van der Waals surface area contributed by atoms with Gasteiger partial charge < -0.3 is 9.47 Å². The SMILES string of the molecule is CCOc1ccc(/C=N\Nc2ccc(Cl)cc2)cc1OC. The van der Waals surface area contributed by atoms with Crippen molar-refractivity contribution >= 4 is 23.5 Å². The molecule has 0 heterocycles. The summed E-state index contributed by atoms with van der Waals surface area (Å²) in [5.41, 5.74) is 4.72. The lowest BCUT2D eigenvalue weighted by Gasteiger charge is -2.09. The van der Waals surface area contributed by atoms with E-state index in [1.165, 1.54) is 0 Å². The third-order valence-electron chi connectivity index (χ3n) is 2.74. The van der Waals surface area contributed by atoms with Crippen molar-refractivity contribution in [3.05, 3.63) is 53.1 Å². The predicted octanol–water partition coefficient (Wildman–Crippen LogP) is 4.19. The monoisotopic (exact) mass is 304 g/mol. The number of ether oxygens (including phenoxy) is 2. The van der Waals surface area contributed by atoms with E-state index in [0.29, 0.717) is 17.4 Å². The molecule has 5 heteroatoms. The van der Waals surface area contributed by atoms with Gasteiger partial charge in [-0.2, -0.15) is 5.10 Å². The quantitative estimate of drug-likeness (QED) is 0.642. The number of methoxy groups -OCH3 is 1. The third-order valence-corrected chi connectivity index (χ3v) is 2.99. The topological polar surface area (TPSA) is 42.8 Å². The van der Waals surface area contributed by atoms with Gasteiger partial charge in [0.15, 0.2) is 11.5 Å². The first-order chi connectivity index (χ1) is 10.2. The Morgan fingerprint density at radius 3 is 2.57 bits per heavy atom. The van der Waals surface area contributed by atoms with E-state index in [1.807, 2.05) is 37.3 Å². The zero-order chi connectivity index (χ0) is 15.1. The van der Waals surface area contributed by atoms with Crippen LogP contribution in [0.1, 0.15) is 12.5 Å². The fourth-order valence-electron chi connectivity index (χ4n) is 1.74. The summed E-state index contributed by atoms with van der Waals surface area (Å²) in [7, 11) is 1.62. The molecular formula is C16H17ClN2O2. The molecule has 0 aliphatic carbocycles. The summed E-state index contributed by atoms with van der Waals surface area (Å²) in [6.07, 6.45) is 1.72. The molecule has 0 bridgehead atoms. The molecule has 0 saturated carbocycles. The number of hydrogen-bond donors (Lipinski definition) is 1. The summed E-state index contributed by atoms with van der Waals surface area (Å²) >= 11 is 5.82. The lowest BCUT2D eigenvalue weighted by atomic mass is 10.2. The molecular weight excluding hydrogens is 288 g/mol. The van der Waals surface area contributed by atoms with Crippen molar-refractivity contribution in [1.82, 2.24) is 0 Å². The molecule has 21 heavy (non-hydrogen) atoms. The van der Waals surface area contributed by atoms with Gasteiger partial charge >= 0.3 is 0 Å². The Morgan fingerprint density at radius 1 is 1.14 bits per heavy atom. The highest BCUT2D eigenvalue weighted by Gasteiger charge is 2.03. The molecule has 0 amide bonds. The first kappa shape index (κ1) is 15.2. The molecule has 0 radical (unpaired) electrons. The minimum absolute atomic E-state index is 0.599. The van der Waals surface area contributed by atoms with Crippen LogP contribution in [0, 0.1) is 0 Å². The molecule has 2 rings (SSSR count). The highest BCUT2D eigenvalue weighted by Crippen LogP contribution is 2.27. The summed E-state index contributed by atoms with van der Waals surface area (Å²) in [4.78, 5) is 0. The second-order valence-corrected chi connectivity index (χ2v) is 4.66. The maximum atomic E-state index is 5.82. The van der Waals surface area contributed by atoms with Gasteiger partial charge in [-0.1, -0.05) is 11.6 Å². The molecule has 2 aromatic rings. The Bertz CT molecular complexity index is 612. The van der Waals surface area contributed by atoms with Crippen LogP contribution < -0.4 is 14.9 Å². The lowest BCUT2D eigenvalue weighted by molar-refractivity contribution is 0.311. The van der Waals surface area contributed by atoms with Crippen LogP contribution in [0.4, 0.5) is 5.69 Å². The molecule has 110 valence electrons. The van der Waals surface area contributed by atoms with Crippen molar-refractivity contribution in [3.8, 4) is 11.5 Å². The Balaban J connectivity index is 2.05. The predicted molar refractivity (Wildman–Crippen MR) is 86.8 cm³/mol. The van der Waals surface area contributed by atoms with Gasteiger partial charge in [-0.25, -0.2) is 0 Å². The molecule has 2 aromatic carbocycles. The molecule has 1 N–H and O–H groups in total. The molecule has 4 nitrogen and oxygen atoms in total. The number of nitrogens with one attached hydrogen (secondary N) is 1. The van der Waals surface area contributed by atoms with Crippen LogP contribution in [0.5, 0.6) is 11.5 Å². The standard InChI is InChI=1S/C16H17ClN2O2/c1-3-21-15-9-4-12(10-16(15)20-2)11-18-19-14-7-5-13(17)6-8-14/h4-11,19H,3H2,1-2H3/b18-11-. The van der Waals surface area contributed by atoms with Crippen molar-refractivity contribution in [2.45, 2.75) is 6.92 Å². The summed E-state index contributed by atoms with van der Waals surface area (Å²) in [5.74, 6) is 1.41. The maximum absolute atomic E-state index is 5.82. The zero-order valence-electron chi connectivity index (χ0n) is 12.0. The number of nitrogens with zero attached hydrogens (tertiary/aromatic N) is 1. The minimum atomic E-state index is 0.599. The zero-order valence-corrected chi connectivity index (χ0v) is 12.7. The average Bonchev–Trinajstić information content (AvgIpc) is 2.51. The number of hydrogen-bond acceptors (Lipinski definition) is 4. The first-order valence-corrected chi connectivity index (χ1v) is 6.96. The largest absolute Gasteiger partial charge is 0.493 e. The van der Waals surface area contributed by atoms with Crippen LogP contribution in [0.25, 0.3) is 0 Å². The summed E-state index contributed by atoms with van der Waals surface area (Å²) in [6.45, 7) is 2.53. The molecule has 0 aliphatic heterocycles. The smallest absolute Gasteiger partial charge is 0.161 e. The van der Waals surface area contributed by atoms with E-state index in [-0.39, 0.29) is 0 Å². The van der Waals surface area contributed by atoms with Crippen molar-refractivity contribution in [2.75, 3.05) is 19.1 Å². The Hall–Kier alpha value is -2.20. The third kappa shape index (κ3) is 4.39. The van der Waals surface area contributed by atoms with Crippen LogP contribution in [0.3, 0.4) is 0 Å². The summed E-state index contributed by atoms with van der Waals surface area (Å²) < 4.78 is 10.8. The van der Waals surface area contributed by atoms with Crippen LogP contribution in [-0.2, 0) is 0 Å². The fourth-order valence-corrected chi connectivity index (χ4v) is 1.87. The van der Waals surface area contributed by atoms with Gasteiger partial charge in [-0.05, 0) is 55.0 Å². The molecule has 0 fully saturated rings. The maximum Gasteiger partial charge on any atom is 0.161 e.